The van der Waals surface area contributed by atoms with Crippen LogP contribution < -0.4 is 10.1 Å². The molecule has 4 rings (SSSR count). The summed E-state index contributed by atoms with van der Waals surface area (Å²) in [6.45, 7) is 1.49. The second kappa shape index (κ2) is 9.48. The van der Waals surface area contributed by atoms with Crippen molar-refractivity contribution in [2.24, 2.45) is 0 Å². The summed E-state index contributed by atoms with van der Waals surface area (Å²) in [5.74, 6) is -0.227. The molecule has 0 aliphatic carbocycles. The fourth-order valence-corrected chi connectivity index (χ4v) is 4.26. The summed E-state index contributed by atoms with van der Waals surface area (Å²) in [5.41, 5.74) is 1.29. The average Bonchev–Trinajstić information content (AvgIpc) is 3.09. The quantitative estimate of drug-likeness (QED) is 0.699. The fraction of sp³-hybridized carbons (Fsp3) is 0.375. The molecular formula is C24H26FN3O4. The molecule has 1 N–H and O–H groups in total. The SMILES string of the molecule is COc1ccc(CN2C(=O)C[C@@H](N3CCC(NC(=O)c4ccc(F)cc4)CC3)C2=O)cc1. The molecular weight excluding hydrogens is 413 g/mol. The van der Waals surface area contributed by atoms with Crippen LogP contribution in [0, 0.1) is 5.82 Å². The van der Waals surface area contributed by atoms with Crippen molar-refractivity contribution in [1.29, 1.82) is 0 Å². The van der Waals surface area contributed by atoms with E-state index in [9.17, 15) is 18.8 Å². The van der Waals surface area contributed by atoms with Gasteiger partial charge in [0.25, 0.3) is 5.91 Å². The minimum absolute atomic E-state index is 0.0218. The molecule has 2 aliphatic rings. The van der Waals surface area contributed by atoms with E-state index in [4.69, 9.17) is 4.74 Å². The fourth-order valence-electron chi connectivity index (χ4n) is 4.26. The van der Waals surface area contributed by atoms with Gasteiger partial charge in [-0.05, 0) is 54.8 Å². The van der Waals surface area contributed by atoms with Crippen molar-refractivity contribution in [3.8, 4) is 5.75 Å². The maximum absolute atomic E-state index is 13.0. The van der Waals surface area contributed by atoms with Gasteiger partial charge in [-0.15, -0.1) is 0 Å². The van der Waals surface area contributed by atoms with Crippen LogP contribution in [0.3, 0.4) is 0 Å². The van der Waals surface area contributed by atoms with Crippen molar-refractivity contribution in [1.82, 2.24) is 15.1 Å². The monoisotopic (exact) mass is 439 g/mol. The van der Waals surface area contributed by atoms with Crippen LogP contribution in [0.5, 0.6) is 5.75 Å². The van der Waals surface area contributed by atoms with Crippen molar-refractivity contribution < 1.29 is 23.5 Å². The summed E-state index contributed by atoms with van der Waals surface area (Å²) < 4.78 is 18.2. The topological polar surface area (TPSA) is 79.0 Å². The minimum atomic E-state index is -0.450. The van der Waals surface area contributed by atoms with Gasteiger partial charge in [0.05, 0.1) is 26.1 Å². The number of halogens is 1. The second-order valence-electron chi connectivity index (χ2n) is 8.18. The number of hydrogen-bond donors (Lipinski definition) is 1. The molecule has 0 radical (unpaired) electrons. The van der Waals surface area contributed by atoms with Gasteiger partial charge in [-0.3, -0.25) is 24.2 Å². The lowest BCUT2D eigenvalue weighted by atomic mass is 10.0. The molecule has 8 heteroatoms. The van der Waals surface area contributed by atoms with Crippen molar-refractivity contribution >= 4 is 17.7 Å². The Morgan fingerprint density at radius 2 is 1.72 bits per heavy atom. The number of carbonyl (C=O) groups excluding carboxylic acids is 3. The maximum atomic E-state index is 13.0. The maximum Gasteiger partial charge on any atom is 0.251 e. The van der Waals surface area contributed by atoms with Gasteiger partial charge in [0.15, 0.2) is 0 Å². The molecule has 168 valence electrons. The molecule has 2 heterocycles. The summed E-state index contributed by atoms with van der Waals surface area (Å²) in [5, 5.41) is 2.98. The first kappa shape index (κ1) is 22.0. The number of amides is 3. The van der Waals surface area contributed by atoms with E-state index in [1.165, 1.54) is 29.2 Å². The normalized spacial score (nSPS) is 19.9. The Balaban J connectivity index is 1.30. The number of nitrogens with zero attached hydrogens (tertiary/aromatic N) is 2. The van der Waals surface area contributed by atoms with Crippen LogP contribution >= 0.6 is 0 Å². The Hall–Kier alpha value is -3.26. The summed E-state index contributed by atoms with van der Waals surface area (Å²) in [6.07, 6.45) is 1.55. The molecule has 2 aromatic carbocycles. The van der Waals surface area contributed by atoms with Crippen molar-refractivity contribution in [3.05, 3.63) is 65.5 Å². The van der Waals surface area contributed by atoms with E-state index in [1.54, 1.807) is 7.11 Å². The lowest BCUT2D eigenvalue weighted by Crippen LogP contribution is -2.50. The number of methoxy groups -OCH3 is 1. The van der Waals surface area contributed by atoms with Crippen molar-refractivity contribution in [2.45, 2.75) is 37.9 Å². The Bertz CT molecular complexity index is 985. The van der Waals surface area contributed by atoms with Crippen molar-refractivity contribution in [3.63, 3.8) is 0 Å². The lowest BCUT2D eigenvalue weighted by molar-refractivity contribution is -0.140. The van der Waals surface area contributed by atoms with E-state index in [0.29, 0.717) is 31.5 Å². The minimum Gasteiger partial charge on any atom is -0.497 e. The highest BCUT2D eigenvalue weighted by Gasteiger charge is 2.42. The van der Waals surface area contributed by atoms with E-state index in [-0.39, 0.29) is 42.5 Å². The number of ether oxygens (including phenoxy) is 1. The highest BCUT2D eigenvalue weighted by atomic mass is 19.1. The smallest absolute Gasteiger partial charge is 0.251 e. The lowest BCUT2D eigenvalue weighted by Gasteiger charge is -2.35. The standard InChI is InChI=1S/C24H26FN3O4/c1-32-20-8-2-16(3-9-20)15-28-22(29)14-21(24(28)31)27-12-10-19(11-13-27)26-23(30)17-4-6-18(25)7-5-17/h2-9,19,21H,10-15H2,1H3,(H,26,30)/t21-/m1/s1. The summed E-state index contributed by atoms with van der Waals surface area (Å²) >= 11 is 0. The molecule has 7 nitrogen and oxygen atoms in total. The molecule has 0 saturated carbocycles. The highest BCUT2D eigenvalue weighted by Crippen LogP contribution is 2.25. The van der Waals surface area contributed by atoms with Gasteiger partial charge in [-0.25, -0.2) is 4.39 Å². The van der Waals surface area contributed by atoms with Gasteiger partial charge >= 0.3 is 0 Å². The van der Waals surface area contributed by atoms with Gasteiger partial charge in [0, 0.05) is 24.7 Å². The predicted octanol–water partition coefficient (Wildman–Crippen LogP) is 2.36. The van der Waals surface area contributed by atoms with Crippen LogP contribution in [0.25, 0.3) is 0 Å². The molecule has 2 aromatic rings. The zero-order valence-electron chi connectivity index (χ0n) is 17.9. The summed E-state index contributed by atoms with van der Waals surface area (Å²) in [4.78, 5) is 41.2. The molecule has 0 bridgehead atoms. The summed E-state index contributed by atoms with van der Waals surface area (Å²) in [7, 11) is 1.59. The number of benzene rings is 2. The summed E-state index contributed by atoms with van der Waals surface area (Å²) in [6, 6.07) is 12.3. The number of hydrogen-bond acceptors (Lipinski definition) is 5. The number of piperidine rings is 1. The van der Waals surface area contributed by atoms with E-state index < -0.39 is 6.04 Å². The van der Waals surface area contributed by atoms with E-state index >= 15 is 0 Å². The van der Waals surface area contributed by atoms with Gasteiger partial charge < -0.3 is 10.1 Å². The third kappa shape index (κ3) is 4.80. The molecule has 2 aliphatic heterocycles. The largest absolute Gasteiger partial charge is 0.497 e. The zero-order chi connectivity index (χ0) is 22.7. The van der Waals surface area contributed by atoms with Crippen LogP contribution in [0.1, 0.15) is 35.2 Å². The third-order valence-electron chi connectivity index (χ3n) is 6.13. The first-order valence-corrected chi connectivity index (χ1v) is 10.7. The van der Waals surface area contributed by atoms with Gasteiger partial charge in [-0.2, -0.15) is 0 Å². The van der Waals surface area contributed by atoms with E-state index in [1.807, 2.05) is 29.2 Å². The highest BCUT2D eigenvalue weighted by molar-refractivity contribution is 6.05. The van der Waals surface area contributed by atoms with Crippen LogP contribution in [-0.2, 0) is 16.1 Å². The van der Waals surface area contributed by atoms with Crippen LogP contribution in [0.2, 0.25) is 0 Å². The molecule has 1 atom stereocenters. The molecule has 32 heavy (non-hydrogen) atoms. The number of carbonyl (C=O) groups is 3. The van der Waals surface area contributed by atoms with Gasteiger partial charge in [0.1, 0.15) is 11.6 Å². The molecule has 3 amide bonds. The molecule has 0 aromatic heterocycles. The van der Waals surface area contributed by atoms with Gasteiger partial charge in [0.2, 0.25) is 11.8 Å². The Labute approximate surface area is 186 Å². The average molecular weight is 439 g/mol. The van der Waals surface area contributed by atoms with Crippen LogP contribution in [-0.4, -0.2) is 59.8 Å². The molecule has 0 unspecified atom stereocenters. The Kier molecular flexibility index (Phi) is 6.50. The van der Waals surface area contributed by atoms with Gasteiger partial charge in [-0.1, -0.05) is 12.1 Å². The van der Waals surface area contributed by atoms with Crippen molar-refractivity contribution in [2.75, 3.05) is 20.2 Å². The molecule has 2 fully saturated rings. The number of nitrogens with one attached hydrogen (secondary N) is 1. The number of likely N-dealkylation sites (tertiary alicyclic amines) is 2. The molecule has 2 saturated heterocycles. The van der Waals surface area contributed by atoms with Crippen LogP contribution in [0.4, 0.5) is 4.39 Å². The Morgan fingerprint density at radius 3 is 2.34 bits per heavy atom. The van der Waals surface area contributed by atoms with E-state index in [2.05, 4.69) is 5.32 Å². The zero-order valence-corrected chi connectivity index (χ0v) is 17.9. The number of rotatable bonds is 6. The van der Waals surface area contributed by atoms with E-state index in [0.717, 1.165) is 11.3 Å². The Morgan fingerprint density at radius 1 is 1.06 bits per heavy atom. The first-order chi connectivity index (χ1) is 15.4. The predicted molar refractivity (Wildman–Crippen MR) is 115 cm³/mol. The number of imide groups is 1. The van der Waals surface area contributed by atoms with Crippen LogP contribution in [0.15, 0.2) is 48.5 Å². The second-order valence-corrected chi connectivity index (χ2v) is 8.18. The third-order valence-corrected chi connectivity index (χ3v) is 6.13. The molecule has 0 spiro atoms. The first-order valence-electron chi connectivity index (χ1n) is 10.7.